The molecule has 1 aliphatic rings. The van der Waals surface area contributed by atoms with Crippen LogP contribution in [0.25, 0.3) is 0 Å². The highest BCUT2D eigenvalue weighted by Gasteiger charge is 2.50. The second-order valence-corrected chi connectivity index (χ2v) is 3.54. The first kappa shape index (κ1) is 9.03. The first-order valence-corrected chi connectivity index (χ1v) is 3.96. The van der Waals surface area contributed by atoms with Crippen molar-refractivity contribution in [1.29, 1.82) is 0 Å². The first-order chi connectivity index (χ1) is 5.49. The van der Waals surface area contributed by atoms with Gasteiger partial charge in [0.1, 0.15) is 0 Å². The Bertz CT molecular complexity index is 207. The van der Waals surface area contributed by atoms with Gasteiger partial charge in [0, 0.05) is 0 Å². The van der Waals surface area contributed by atoms with Crippen LogP contribution in [0.3, 0.4) is 0 Å². The molecule has 1 aliphatic carbocycles. The van der Waals surface area contributed by atoms with Gasteiger partial charge in [-0.25, -0.2) is 0 Å². The van der Waals surface area contributed by atoms with Crippen molar-refractivity contribution in [2.75, 3.05) is 0 Å². The Hall–Kier alpha value is -1.06. The molecule has 0 aromatic rings. The third kappa shape index (κ3) is 1.17. The van der Waals surface area contributed by atoms with Gasteiger partial charge in [0.2, 0.25) is 0 Å². The zero-order valence-corrected chi connectivity index (χ0v) is 6.91. The van der Waals surface area contributed by atoms with Crippen LogP contribution >= 0.6 is 0 Å². The number of hydrogen-bond acceptors (Lipinski definition) is 2. The van der Waals surface area contributed by atoms with Gasteiger partial charge in [0.25, 0.3) is 0 Å². The van der Waals surface area contributed by atoms with Crippen molar-refractivity contribution in [2.24, 2.45) is 11.3 Å². The Morgan fingerprint density at radius 3 is 2.00 bits per heavy atom. The number of carbonyl (C=O) groups is 2. The van der Waals surface area contributed by atoms with Gasteiger partial charge < -0.3 is 10.2 Å². The maximum absolute atomic E-state index is 10.7. The summed E-state index contributed by atoms with van der Waals surface area (Å²) in [6.45, 7) is 1.88. The molecule has 1 rings (SSSR count). The van der Waals surface area contributed by atoms with E-state index in [2.05, 4.69) is 0 Å². The lowest BCUT2D eigenvalue weighted by atomic mass is 9.86. The molecule has 4 heteroatoms. The Labute approximate surface area is 70.2 Å². The molecule has 1 saturated carbocycles. The van der Waals surface area contributed by atoms with Crippen molar-refractivity contribution in [3.63, 3.8) is 0 Å². The number of rotatable bonds is 2. The standard InChI is InChI=1S/C8H12O4/c1-5-2-3-8(4-5,6(9)10)7(11)12/h5H,2-4H2,1H3,(H,9,10)(H,11,12). The second kappa shape index (κ2) is 2.77. The van der Waals surface area contributed by atoms with Crippen LogP contribution in [-0.2, 0) is 9.59 Å². The molecule has 0 aliphatic heterocycles. The zero-order valence-electron chi connectivity index (χ0n) is 6.91. The minimum absolute atomic E-state index is 0.206. The number of hydrogen-bond donors (Lipinski definition) is 2. The number of carboxylic acids is 2. The summed E-state index contributed by atoms with van der Waals surface area (Å²) in [6.07, 6.45) is 1.22. The Kier molecular flexibility index (Phi) is 2.08. The molecule has 0 saturated heterocycles. The predicted octanol–water partition coefficient (Wildman–Crippen LogP) is 0.962. The van der Waals surface area contributed by atoms with E-state index in [1.165, 1.54) is 0 Å². The first-order valence-electron chi connectivity index (χ1n) is 3.96. The van der Waals surface area contributed by atoms with Crippen molar-refractivity contribution in [2.45, 2.75) is 26.2 Å². The summed E-state index contributed by atoms with van der Waals surface area (Å²) < 4.78 is 0. The van der Waals surface area contributed by atoms with Gasteiger partial charge in [0.05, 0.1) is 0 Å². The van der Waals surface area contributed by atoms with Crippen molar-refractivity contribution in [1.82, 2.24) is 0 Å². The maximum Gasteiger partial charge on any atom is 0.321 e. The fourth-order valence-corrected chi connectivity index (χ4v) is 1.77. The summed E-state index contributed by atoms with van der Waals surface area (Å²) in [5.41, 5.74) is -1.50. The van der Waals surface area contributed by atoms with Crippen LogP contribution in [0.2, 0.25) is 0 Å². The minimum Gasteiger partial charge on any atom is -0.480 e. The number of carboxylic acid groups (broad SMARTS) is 2. The maximum atomic E-state index is 10.7. The van der Waals surface area contributed by atoms with Crippen LogP contribution < -0.4 is 0 Å². The van der Waals surface area contributed by atoms with Crippen LogP contribution in [-0.4, -0.2) is 22.2 Å². The smallest absolute Gasteiger partial charge is 0.321 e. The van der Waals surface area contributed by atoms with E-state index in [4.69, 9.17) is 10.2 Å². The fraction of sp³-hybridized carbons (Fsp3) is 0.750. The molecule has 0 aromatic carbocycles. The average Bonchev–Trinajstić information content (AvgIpc) is 2.32. The van der Waals surface area contributed by atoms with Crippen molar-refractivity contribution >= 4 is 11.9 Å². The third-order valence-corrected chi connectivity index (χ3v) is 2.58. The van der Waals surface area contributed by atoms with Gasteiger partial charge in [-0.15, -0.1) is 0 Å². The molecular formula is C8H12O4. The number of aliphatic carboxylic acids is 2. The monoisotopic (exact) mass is 172 g/mol. The lowest BCUT2D eigenvalue weighted by molar-refractivity contribution is -0.164. The summed E-state index contributed by atoms with van der Waals surface area (Å²) in [7, 11) is 0. The molecule has 0 bridgehead atoms. The van der Waals surface area contributed by atoms with E-state index in [1.54, 1.807) is 0 Å². The van der Waals surface area contributed by atoms with E-state index in [9.17, 15) is 9.59 Å². The summed E-state index contributed by atoms with van der Waals surface area (Å²) in [4.78, 5) is 21.5. The zero-order chi connectivity index (χ0) is 9.35. The molecule has 12 heavy (non-hydrogen) atoms. The summed E-state index contributed by atoms with van der Waals surface area (Å²) in [5.74, 6) is -2.18. The molecular weight excluding hydrogens is 160 g/mol. The third-order valence-electron chi connectivity index (χ3n) is 2.58. The van der Waals surface area contributed by atoms with E-state index in [-0.39, 0.29) is 18.8 Å². The summed E-state index contributed by atoms with van der Waals surface area (Å²) in [5, 5.41) is 17.5. The summed E-state index contributed by atoms with van der Waals surface area (Å²) >= 11 is 0. The average molecular weight is 172 g/mol. The molecule has 0 radical (unpaired) electrons. The minimum atomic E-state index is -1.50. The topological polar surface area (TPSA) is 74.6 Å². The van der Waals surface area contributed by atoms with Gasteiger partial charge in [0.15, 0.2) is 5.41 Å². The molecule has 4 nitrogen and oxygen atoms in total. The lowest BCUT2D eigenvalue weighted by Crippen LogP contribution is -2.36. The van der Waals surface area contributed by atoms with Gasteiger partial charge in [-0.1, -0.05) is 6.92 Å². The van der Waals surface area contributed by atoms with Crippen LogP contribution in [0.5, 0.6) is 0 Å². The van der Waals surface area contributed by atoms with Gasteiger partial charge in [-0.2, -0.15) is 0 Å². The van der Waals surface area contributed by atoms with Gasteiger partial charge in [-0.3, -0.25) is 9.59 Å². The molecule has 0 aromatic heterocycles. The van der Waals surface area contributed by atoms with Crippen LogP contribution in [0.4, 0.5) is 0 Å². The molecule has 1 atom stereocenters. The van der Waals surface area contributed by atoms with E-state index in [1.807, 2.05) is 6.92 Å². The van der Waals surface area contributed by atoms with E-state index in [0.717, 1.165) is 0 Å². The lowest BCUT2D eigenvalue weighted by Gasteiger charge is -2.17. The molecule has 1 unspecified atom stereocenters. The predicted molar refractivity (Wildman–Crippen MR) is 40.7 cm³/mol. The SMILES string of the molecule is CC1CCC(C(=O)O)(C(=O)O)C1. The molecule has 2 N–H and O–H groups in total. The normalized spacial score (nSPS) is 26.9. The quantitative estimate of drug-likeness (QED) is 0.608. The highest BCUT2D eigenvalue weighted by atomic mass is 16.4. The fourth-order valence-electron chi connectivity index (χ4n) is 1.77. The Balaban J connectivity index is 2.89. The van der Waals surface area contributed by atoms with Crippen LogP contribution in [0.1, 0.15) is 26.2 Å². The molecule has 0 spiro atoms. The van der Waals surface area contributed by atoms with Gasteiger partial charge >= 0.3 is 11.9 Å². The van der Waals surface area contributed by atoms with Crippen LogP contribution in [0.15, 0.2) is 0 Å². The van der Waals surface area contributed by atoms with E-state index in [0.29, 0.717) is 6.42 Å². The van der Waals surface area contributed by atoms with Crippen molar-refractivity contribution < 1.29 is 19.8 Å². The molecule has 0 heterocycles. The molecule has 0 amide bonds. The summed E-state index contributed by atoms with van der Waals surface area (Å²) in [6, 6.07) is 0. The highest BCUT2D eigenvalue weighted by molar-refractivity contribution is 5.98. The Morgan fingerprint density at radius 2 is 1.83 bits per heavy atom. The van der Waals surface area contributed by atoms with E-state index >= 15 is 0 Å². The van der Waals surface area contributed by atoms with Crippen LogP contribution in [0, 0.1) is 11.3 Å². The van der Waals surface area contributed by atoms with Crippen molar-refractivity contribution in [3.8, 4) is 0 Å². The van der Waals surface area contributed by atoms with Gasteiger partial charge in [-0.05, 0) is 25.2 Å². The Morgan fingerprint density at radius 1 is 1.33 bits per heavy atom. The van der Waals surface area contributed by atoms with E-state index < -0.39 is 17.4 Å². The largest absolute Gasteiger partial charge is 0.480 e. The molecule has 68 valence electrons. The van der Waals surface area contributed by atoms with Crippen molar-refractivity contribution in [3.05, 3.63) is 0 Å². The molecule has 1 fully saturated rings. The second-order valence-electron chi connectivity index (χ2n) is 3.54. The highest BCUT2D eigenvalue weighted by Crippen LogP contribution is 2.42.